The maximum absolute atomic E-state index is 12.5. The monoisotopic (exact) mass is 1390 g/mol. The Bertz CT molecular complexity index is 4930. The summed E-state index contributed by atoms with van der Waals surface area (Å²) in [6.07, 6.45) is 7.99. The van der Waals surface area contributed by atoms with Crippen molar-refractivity contribution >= 4 is 146 Å². The molecule has 5 heterocycles. The molecule has 2 aliphatic heterocycles. The smallest absolute Gasteiger partial charge is 0.374 e. The third-order valence-corrected chi connectivity index (χ3v) is 20.1. The van der Waals surface area contributed by atoms with E-state index in [4.69, 9.17) is 14.0 Å². The highest BCUT2D eigenvalue weighted by atomic mass is 32.2. The molecule has 2 amide bonds. The number of carbonyl (C=O) groups is 3. The highest BCUT2D eigenvalue weighted by Crippen LogP contribution is 2.45. The van der Waals surface area contributed by atoms with E-state index in [0.29, 0.717) is 81.3 Å². The quantitative estimate of drug-likeness (QED) is 0.00872. The van der Waals surface area contributed by atoms with Crippen molar-refractivity contribution in [2.45, 2.75) is 90.3 Å². The minimum Gasteiger partial charge on any atom is -0.439 e. The summed E-state index contributed by atoms with van der Waals surface area (Å²) in [5.74, 6) is -3.83. The molecule has 8 aromatic rings. The van der Waals surface area contributed by atoms with Crippen LogP contribution in [-0.2, 0) is 89.4 Å². The molecule has 1 saturated heterocycles. The number of hydroxylamine groups is 2. The molecule has 3 aromatic heterocycles. The molecule has 1 fully saturated rings. The van der Waals surface area contributed by atoms with Gasteiger partial charge in [0.2, 0.25) is 11.5 Å². The minimum absolute atomic E-state index is 0.0257. The van der Waals surface area contributed by atoms with E-state index in [1.807, 2.05) is 74.7 Å². The number of ether oxygens (including phenoxy) is 1. The van der Waals surface area contributed by atoms with Gasteiger partial charge in [-0.25, -0.2) is 4.79 Å². The summed E-state index contributed by atoms with van der Waals surface area (Å²) in [6, 6.07) is 29.4. The number of unbranched alkanes of at least 4 members (excludes halogenated alkanes) is 2. The number of nitrogens with zero attached hydrogens (tertiary/aromatic N) is 6. The lowest BCUT2D eigenvalue weighted by molar-refractivity contribution is -0.677. The zero-order valence-corrected chi connectivity index (χ0v) is 54.7. The molecule has 94 heavy (non-hydrogen) atoms. The molecule has 502 valence electrons. The van der Waals surface area contributed by atoms with Gasteiger partial charge in [-0.3, -0.25) is 32.4 Å². The molecule has 0 aliphatic carbocycles. The van der Waals surface area contributed by atoms with Crippen LogP contribution in [0.25, 0.3) is 66.4 Å². The molecule has 0 atom stereocenters. The van der Waals surface area contributed by atoms with Gasteiger partial charge in [-0.1, -0.05) is 55.0 Å². The minimum atomic E-state index is -4.41. The van der Waals surface area contributed by atoms with Gasteiger partial charge < -0.3 is 32.9 Å². The molecule has 27 nitrogen and oxygen atoms in total. The van der Waals surface area contributed by atoms with Gasteiger partial charge >= 0.3 is 11.9 Å². The van der Waals surface area contributed by atoms with Crippen LogP contribution in [0, 0.1) is 0 Å². The van der Waals surface area contributed by atoms with Gasteiger partial charge in [0.05, 0.1) is 51.6 Å². The number of allylic oxidation sites excluding steroid dienone is 4. The number of oxazole rings is 1. The van der Waals surface area contributed by atoms with Crippen molar-refractivity contribution in [3.63, 3.8) is 0 Å². The van der Waals surface area contributed by atoms with Crippen LogP contribution in [0.5, 0.6) is 5.75 Å². The number of fused-ring (bicyclic) bond motifs is 8. The number of benzene rings is 5. The predicted octanol–water partition coefficient (Wildman–Crippen LogP) is 8.14. The normalized spacial score (nSPS) is 14.9. The molecule has 5 aromatic carbocycles. The van der Waals surface area contributed by atoms with E-state index in [0.717, 1.165) is 32.6 Å². The highest BCUT2D eigenvalue weighted by molar-refractivity contribution is 7.86. The van der Waals surface area contributed by atoms with E-state index < -0.39 is 97.1 Å². The Balaban J connectivity index is 1.05. The average molecular weight is 1390 g/mol. The molecular weight excluding hydrogens is 1330 g/mol. The number of aromatic nitrogens is 3. The van der Waals surface area contributed by atoms with Crippen LogP contribution in [-0.4, -0.2) is 145 Å². The third kappa shape index (κ3) is 17.4. The molecule has 0 unspecified atom stereocenters. The standard InChI is InChI=1S/C62H68N6O21S5/c69-58-24-25-59(70)68(58)89-62(71)17-2-1-7-28-63(29-8-34-90(72,73)74)45-22-18-43(19-23-45)44(20-26-60-66(32-11-37-93(81,82)83)54-39-48-46-13-3-5-15-50(46)64(30-9-35-91(75,76)77)52(48)41-56(54)87-60)21-27-61-67(33-12-38-94(84,85)86)55-40-49-47-14-4-6-16-51(47)65(31-10-36-92(78,79)80)53(49)42-57(55)88-61/h3-6,13-16,18-23,26-27,39-42H,1-2,7-12,17,24-25,28-38H2,(H4-,72,73,74,75,76,77,78,79,80,81,82,83,84,85,86)/p+1. The van der Waals surface area contributed by atoms with Crippen LogP contribution < -0.4 is 19.1 Å². The molecule has 0 saturated carbocycles. The first-order valence-electron chi connectivity index (χ1n) is 30.1. The summed E-state index contributed by atoms with van der Waals surface area (Å²) >= 11 is 0. The largest absolute Gasteiger partial charge is 0.439 e. The van der Waals surface area contributed by atoms with Gasteiger partial charge in [-0.15, -0.1) is 5.06 Å². The second kappa shape index (κ2) is 28.5. The second-order valence-corrected chi connectivity index (χ2v) is 30.8. The lowest BCUT2D eigenvalue weighted by Gasteiger charge is -2.25. The number of imide groups is 1. The third-order valence-electron chi connectivity index (χ3n) is 16.1. The number of carbonyl (C=O) groups excluding carboxylic acids is 3. The van der Waals surface area contributed by atoms with Crippen molar-refractivity contribution in [1.29, 1.82) is 0 Å². The average Bonchev–Trinajstić information content (AvgIpc) is 1.59. The first-order chi connectivity index (χ1) is 44.5. The zero-order chi connectivity index (χ0) is 67.3. The maximum atomic E-state index is 12.5. The van der Waals surface area contributed by atoms with Gasteiger partial charge in [0.25, 0.3) is 67.9 Å². The summed E-state index contributed by atoms with van der Waals surface area (Å²) in [5, 5.41) is 3.61. The summed E-state index contributed by atoms with van der Waals surface area (Å²) in [5.41, 5.74) is 6.03. The van der Waals surface area contributed by atoms with Crippen LogP contribution in [0.1, 0.15) is 82.1 Å². The van der Waals surface area contributed by atoms with Gasteiger partial charge in [-0.2, -0.15) is 46.7 Å². The van der Waals surface area contributed by atoms with Crippen molar-refractivity contribution in [1.82, 2.24) is 14.2 Å². The molecule has 5 N–H and O–H groups in total. The molecule has 2 aliphatic rings. The van der Waals surface area contributed by atoms with E-state index in [2.05, 4.69) is 0 Å². The number of hydrogen-bond donors (Lipinski definition) is 5. The Morgan fingerprint density at radius 2 is 1.11 bits per heavy atom. The zero-order valence-electron chi connectivity index (χ0n) is 50.6. The first-order valence-corrected chi connectivity index (χ1v) is 38.2. The molecule has 10 rings (SSSR count). The van der Waals surface area contributed by atoms with Gasteiger partial charge in [0.1, 0.15) is 0 Å². The number of para-hydroxylation sites is 2. The van der Waals surface area contributed by atoms with Crippen molar-refractivity contribution in [2.75, 3.05) is 58.2 Å². The fraction of sp³-hybridized carbons (Fsp3) is 0.355. The molecule has 0 spiro atoms. The van der Waals surface area contributed by atoms with Crippen LogP contribution in [0.2, 0.25) is 0 Å². The highest BCUT2D eigenvalue weighted by Gasteiger charge is 2.33. The Hall–Kier alpha value is -8.05. The maximum Gasteiger partial charge on any atom is 0.374 e. The summed E-state index contributed by atoms with van der Waals surface area (Å²) in [4.78, 5) is 45.2. The van der Waals surface area contributed by atoms with E-state index in [1.165, 1.54) is 0 Å². The summed E-state index contributed by atoms with van der Waals surface area (Å²) in [6.45, 7) is 1.00. The second-order valence-electron chi connectivity index (χ2n) is 22.9. The lowest BCUT2D eigenvalue weighted by atomic mass is 10.0. The SMILES string of the molecule is O=C(CCCCCN(CCCS(=O)(=O)O)c1ccc(C(=C\C=C2/Oc3cc4c(cc3N2CCCS(=O)(=O)O)c2ccccc2n4CCCS(=O)(=O)O)/C=C/c2oc3cc4c(cc3[n+]2CCCS(=O)(=O)O)c2ccccc2n4CCCS(=O)(=O)O)cc1)ON1C(=O)CCC1=O. The number of hydrogen-bond acceptors (Lipinski definition) is 18. The molecular formula is C62H69N6O21S5+. The van der Waals surface area contributed by atoms with Crippen LogP contribution >= 0.6 is 0 Å². The van der Waals surface area contributed by atoms with Gasteiger partial charge in [-0.05, 0) is 98.2 Å². The molecule has 32 heteroatoms. The number of amides is 2. The van der Waals surface area contributed by atoms with E-state index in [9.17, 15) is 79.2 Å². The van der Waals surface area contributed by atoms with Crippen LogP contribution in [0.15, 0.2) is 126 Å². The lowest BCUT2D eigenvalue weighted by Crippen LogP contribution is -2.36. The Labute approximate surface area is 541 Å². The predicted molar refractivity (Wildman–Crippen MR) is 351 cm³/mol. The number of rotatable bonds is 32. The van der Waals surface area contributed by atoms with E-state index >= 15 is 0 Å². The van der Waals surface area contributed by atoms with Crippen molar-refractivity contribution in [2.24, 2.45) is 0 Å². The summed E-state index contributed by atoms with van der Waals surface area (Å²) < 4.78 is 187. The van der Waals surface area contributed by atoms with Gasteiger partial charge in [0.15, 0.2) is 12.3 Å². The Morgan fingerprint density at radius 3 is 1.70 bits per heavy atom. The van der Waals surface area contributed by atoms with Crippen LogP contribution in [0.3, 0.4) is 0 Å². The van der Waals surface area contributed by atoms with E-state index in [1.54, 1.807) is 70.2 Å². The number of aryl methyl sites for hydroxylation is 3. The van der Waals surface area contributed by atoms with Crippen molar-refractivity contribution < 1.29 is 97.8 Å². The topological polar surface area (TPSA) is 378 Å². The van der Waals surface area contributed by atoms with Crippen molar-refractivity contribution in [3.05, 3.63) is 133 Å². The number of anilines is 2. The summed E-state index contributed by atoms with van der Waals surface area (Å²) in [7, 11) is -21.7. The fourth-order valence-electron chi connectivity index (χ4n) is 11.9. The van der Waals surface area contributed by atoms with Gasteiger partial charge in [0, 0.05) is 115 Å². The Kier molecular flexibility index (Phi) is 20.9. The first kappa shape index (κ1) is 68.8. The molecule has 0 radical (unpaired) electrons. The Morgan fingerprint density at radius 1 is 0.574 bits per heavy atom. The van der Waals surface area contributed by atoms with E-state index in [-0.39, 0.29) is 95.9 Å². The fourth-order valence-corrected chi connectivity index (χ4v) is 14.4. The molecule has 0 bridgehead atoms. The van der Waals surface area contributed by atoms with Crippen LogP contribution in [0.4, 0.5) is 11.4 Å². The van der Waals surface area contributed by atoms with Crippen molar-refractivity contribution in [3.8, 4) is 5.75 Å².